The molecule has 0 heterocycles. The topological polar surface area (TPSA) is 111 Å². The summed E-state index contributed by atoms with van der Waals surface area (Å²) in [5.41, 5.74) is -0.102. The molecule has 1 unspecified atom stereocenters. The average molecular weight is 623 g/mol. The molecule has 2 aromatic rings. The summed E-state index contributed by atoms with van der Waals surface area (Å²) in [5, 5.41) is 16.9. The van der Waals surface area contributed by atoms with Crippen LogP contribution in [-0.4, -0.2) is 45.0 Å². The number of anilines is 1. The maximum absolute atomic E-state index is 12.5. The van der Waals surface area contributed by atoms with Gasteiger partial charge in [-0.3, -0.25) is 14.9 Å². The molecule has 0 bridgehead atoms. The fourth-order valence-corrected chi connectivity index (χ4v) is 3.71. The maximum Gasteiger partial charge on any atom is 0.454 e. The molecule has 13 heteroatoms. The second-order valence-electron chi connectivity index (χ2n) is 7.29. The summed E-state index contributed by atoms with van der Waals surface area (Å²) in [6, 6.07) is 9.36. The molecule has 188 valence electrons. The molecular formula is C22H21F3IN3O5S. The van der Waals surface area contributed by atoms with Crippen molar-refractivity contribution in [3.05, 3.63) is 69.8 Å². The van der Waals surface area contributed by atoms with E-state index in [1.165, 1.54) is 24.3 Å². The van der Waals surface area contributed by atoms with E-state index in [1.807, 2.05) is 0 Å². The number of nitro benzene ring substituents is 1. The third kappa shape index (κ3) is 9.39. The molecule has 0 radical (unpaired) electrons. The smallest absolute Gasteiger partial charge is 0.454 e. The third-order valence-corrected chi connectivity index (χ3v) is 5.65. The van der Waals surface area contributed by atoms with Crippen LogP contribution in [0.15, 0.2) is 48.5 Å². The van der Waals surface area contributed by atoms with E-state index in [2.05, 4.69) is 33.2 Å². The lowest BCUT2D eigenvalue weighted by Gasteiger charge is -2.21. The number of rotatable bonds is 11. The van der Waals surface area contributed by atoms with Crippen LogP contribution < -0.4 is 10.6 Å². The van der Waals surface area contributed by atoms with Crippen LogP contribution in [0.1, 0.15) is 40.0 Å². The van der Waals surface area contributed by atoms with Crippen molar-refractivity contribution >= 4 is 63.0 Å². The Morgan fingerprint density at radius 1 is 1.06 bits per heavy atom. The Morgan fingerprint density at radius 3 is 2.20 bits per heavy atom. The first-order valence-electron chi connectivity index (χ1n) is 10.3. The number of unbranched alkanes of at least 4 members (excludes halogenated alkanes) is 1. The molecule has 0 aromatic heterocycles. The summed E-state index contributed by atoms with van der Waals surface area (Å²) in [4.78, 5) is 33.9. The number of alkyl halides is 4. The Kier molecular flexibility index (Phi) is 10.8. The number of halogens is 4. The van der Waals surface area contributed by atoms with Gasteiger partial charge in [-0.1, -0.05) is 41.1 Å². The number of nitro groups is 1. The van der Waals surface area contributed by atoms with Crippen molar-refractivity contribution in [1.82, 2.24) is 5.32 Å². The van der Waals surface area contributed by atoms with Crippen molar-refractivity contribution in [2.75, 3.05) is 16.4 Å². The van der Waals surface area contributed by atoms with Gasteiger partial charge in [0.1, 0.15) is 6.61 Å². The van der Waals surface area contributed by atoms with Gasteiger partial charge in [-0.15, -0.1) is 0 Å². The normalized spacial score (nSPS) is 11.9. The zero-order valence-corrected chi connectivity index (χ0v) is 21.1. The summed E-state index contributed by atoms with van der Waals surface area (Å²) < 4.78 is 43.8. The van der Waals surface area contributed by atoms with Crippen LogP contribution in [0.3, 0.4) is 0 Å². The fourth-order valence-electron chi connectivity index (χ4n) is 2.88. The Bertz CT molecular complexity index is 1050. The first-order valence-corrected chi connectivity index (χ1v) is 12.2. The third-order valence-electron chi connectivity index (χ3n) is 4.66. The molecule has 0 aliphatic heterocycles. The number of thiocarbonyl (C=S) groups is 1. The number of non-ortho nitro benzene ring substituents is 1. The zero-order chi connectivity index (χ0) is 26.0. The number of hydrogen-bond acceptors (Lipinski definition) is 6. The molecule has 8 nitrogen and oxygen atoms in total. The number of benzene rings is 2. The van der Waals surface area contributed by atoms with Crippen molar-refractivity contribution < 1.29 is 32.4 Å². The van der Waals surface area contributed by atoms with Crippen LogP contribution in [-0.2, 0) is 4.74 Å². The van der Waals surface area contributed by atoms with Gasteiger partial charge in [0, 0.05) is 23.4 Å². The molecule has 1 atom stereocenters. The first-order chi connectivity index (χ1) is 16.5. The Labute approximate surface area is 217 Å². The lowest BCUT2D eigenvalue weighted by molar-refractivity contribution is -0.384. The largest absolute Gasteiger partial charge is 0.460 e. The molecule has 2 rings (SSSR count). The lowest BCUT2D eigenvalue weighted by atomic mass is 10.1. The highest BCUT2D eigenvalue weighted by Crippen LogP contribution is 2.22. The molecule has 0 fully saturated rings. The minimum atomic E-state index is -5.00. The quantitative estimate of drug-likeness (QED) is 0.0497. The molecular weight excluding hydrogens is 602 g/mol. The summed E-state index contributed by atoms with van der Waals surface area (Å²) in [5.74, 6) is -2.75. The number of ether oxygens (including phenoxy) is 1. The number of carbonyl (C=O) groups is 2. The van der Waals surface area contributed by atoms with E-state index < -0.39 is 28.4 Å². The van der Waals surface area contributed by atoms with Crippen LogP contribution in [0.25, 0.3) is 0 Å². The van der Waals surface area contributed by atoms with Gasteiger partial charge in [0.25, 0.3) is 11.5 Å². The minimum Gasteiger partial charge on any atom is -0.460 e. The predicted octanol–water partition coefficient (Wildman–Crippen LogP) is 5.46. The molecule has 2 aromatic carbocycles. The van der Waals surface area contributed by atoms with Crippen molar-refractivity contribution in [3.8, 4) is 0 Å². The lowest BCUT2D eigenvalue weighted by Crippen LogP contribution is -2.41. The van der Waals surface area contributed by atoms with E-state index in [0.29, 0.717) is 12.1 Å². The van der Waals surface area contributed by atoms with E-state index in [4.69, 9.17) is 17.0 Å². The number of ketones is 1. The molecule has 0 spiro atoms. The van der Waals surface area contributed by atoms with Crippen LogP contribution in [0.4, 0.5) is 24.5 Å². The van der Waals surface area contributed by atoms with Crippen LogP contribution in [0.5, 0.6) is 0 Å². The fraction of sp³-hybridized carbons (Fsp3) is 0.318. The first kappa shape index (κ1) is 28.4. The van der Waals surface area contributed by atoms with Gasteiger partial charge in [-0.25, -0.2) is 4.79 Å². The second-order valence-corrected chi connectivity index (χ2v) is 8.77. The van der Waals surface area contributed by atoms with E-state index in [9.17, 15) is 32.9 Å². The van der Waals surface area contributed by atoms with E-state index in [0.717, 1.165) is 41.5 Å². The van der Waals surface area contributed by atoms with Crippen LogP contribution >= 0.6 is 34.8 Å². The minimum absolute atomic E-state index is 0.00122. The molecule has 0 saturated carbocycles. The van der Waals surface area contributed by atoms with Crippen molar-refractivity contribution in [3.63, 3.8) is 0 Å². The number of hydrogen-bond donors (Lipinski definition) is 2. The van der Waals surface area contributed by atoms with Gasteiger partial charge < -0.3 is 15.4 Å². The van der Waals surface area contributed by atoms with Crippen LogP contribution in [0, 0.1) is 10.1 Å². The molecule has 0 saturated heterocycles. The van der Waals surface area contributed by atoms with Crippen molar-refractivity contribution in [2.45, 2.75) is 31.5 Å². The average Bonchev–Trinajstić information content (AvgIpc) is 2.81. The van der Waals surface area contributed by atoms with Crippen LogP contribution in [0.2, 0.25) is 0 Å². The highest BCUT2D eigenvalue weighted by atomic mass is 127. The number of esters is 1. The van der Waals surface area contributed by atoms with Gasteiger partial charge in [0.15, 0.2) is 5.11 Å². The number of nitrogens with one attached hydrogen (secondary N) is 2. The highest BCUT2D eigenvalue weighted by Gasteiger charge is 2.39. The molecule has 2 N–H and O–H groups in total. The van der Waals surface area contributed by atoms with E-state index >= 15 is 0 Å². The van der Waals surface area contributed by atoms with Gasteiger partial charge in [0.05, 0.1) is 16.5 Å². The molecule has 35 heavy (non-hydrogen) atoms. The van der Waals surface area contributed by atoms with E-state index in [1.54, 1.807) is 0 Å². The van der Waals surface area contributed by atoms with Gasteiger partial charge in [0.2, 0.25) is 0 Å². The Hall–Kier alpha value is -2.81. The molecule has 0 amide bonds. The summed E-state index contributed by atoms with van der Waals surface area (Å²) in [7, 11) is 0. The van der Waals surface area contributed by atoms with Crippen molar-refractivity contribution in [2.24, 2.45) is 0 Å². The maximum atomic E-state index is 12.5. The van der Waals surface area contributed by atoms with Crippen molar-refractivity contribution in [1.29, 1.82) is 0 Å². The molecule has 0 aliphatic carbocycles. The van der Waals surface area contributed by atoms with Gasteiger partial charge in [-0.05, 0) is 53.8 Å². The summed E-state index contributed by atoms with van der Waals surface area (Å²) in [6.07, 6.45) is -2.62. The predicted molar refractivity (Wildman–Crippen MR) is 136 cm³/mol. The monoisotopic (exact) mass is 623 g/mol. The Balaban J connectivity index is 1.96. The van der Waals surface area contributed by atoms with E-state index in [-0.39, 0.29) is 29.0 Å². The number of Topliss-reactive ketones (excluding diaryl/α,β-unsaturated/α-hetero) is 1. The standard InChI is InChI=1S/C22H21F3IN3O5S/c23-22(24,25)19(30)14-4-6-15(7-5-14)20(31)34-13-17(3-1-2-12-26)28-21(35)27-16-8-10-18(11-9-16)29(32)33/h4-11,17H,1-3,12-13H2,(H2,27,28,35). The number of carbonyl (C=O) groups excluding carboxylic acids is 2. The zero-order valence-electron chi connectivity index (χ0n) is 18.1. The summed E-state index contributed by atoms with van der Waals surface area (Å²) >= 11 is 7.54. The van der Waals surface area contributed by atoms with Gasteiger partial charge >= 0.3 is 12.1 Å². The highest BCUT2D eigenvalue weighted by molar-refractivity contribution is 14.1. The molecule has 0 aliphatic rings. The second kappa shape index (κ2) is 13.3. The SMILES string of the molecule is O=C(OCC(CCCCI)NC(=S)Nc1ccc([N+](=O)[O-])cc1)c1ccc(C(=O)C(F)(F)F)cc1. The summed E-state index contributed by atoms with van der Waals surface area (Å²) in [6.45, 7) is -0.0641. The Morgan fingerprint density at radius 2 is 1.66 bits per heavy atom. The number of nitrogens with zero attached hydrogens (tertiary/aromatic N) is 1. The van der Waals surface area contributed by atoms with Gasteiger partial charge in [-0.2, -0.15) is 13.2 Å².